The number of piperidine rings is 1. The molecule has 2 aliphatic rings. The highest BCUT2D eigenvalue weighted by molar-refractivity contribution is 9.10. The summed E-state index contributed by atoms with van der Waals surface area (Å²) < 4.78 is 0.868. The van der Waals surface area contributed by atoms with Crippen LogP contribution in [0.1, 0.15) is 37.7 Å². The van der Waals surface area contributed by atoms with Crippen LogP contribution in [0.25, 0.3) is 0 Å². The lowest BCUT2D eigenvalue weighted by molar-refractivity contribution is 0.135. The molecule has 1 heterocycles. The van der Waals surface area contributed by atoms with Crippen molar-refractivity contribution in [1.82, 2.24) is 5.32 Å². The summed E-state index contributed by atoms with van der Waals surface area (Å²) in [6.07, 6.45) is 6.24. The fourth-order valence-corrected chi connectivity index (χ4v) is 3.70. The second-order valence-corrected chi connectivity index (χ2v) is 6.52. The number of halogens is 1. The first-order chi connectivity index (χ1) is 9.22. The van der Waals surface area contributed by atoms with Crippen LogP contribution in [0.4, 0.5) is 5.69 Å². The maximum atomic E-state index is 9.26. The smallest absolute Gasteiger partial charge is 0.103 e. The van der Waals surface area contributed by atoms with E-state index in [0.717, 1.165) is 23.1 Å². The molecule has 1 unspecified atom stereocenters. The summed E-state index contributed by atoms with van der Waals surface area (Å²) in [6, 6.07) is 8.65. The lowest BCUT2D eigenvalue weighted by atomic mass is 9.70. The average molecular weight is 320 g/mol. The number of hydrogen-bond acceptors (Lipinski definition) is 3. The average Bonchev–Trinajstić information content (AvgIpc) is 2.38. The van der Waals surface area contributed by atoms with E-state index in [4.69, 9.17) is 0 Å². The molecule has 4 heteroatoms. The molecule has 2 N–H and O–H groups in total. The number of hydrogen-bond donors (Lipinski definition) is 2. The molecule has 1 aromatic rings. The van der Waals surface area contributed by atoms with Crippen LogP contribution in [0.15, 0.2) is 22.7 Å². The molecule has 1 atom stereocenters. The number of benzene rings is 1. The predicted octanol–water partition coefficient (Wildman–Crippen LogP) is 3.41. The van der Waals surface area contributed by atoms with Gasteiger partial charge < -0.3 is 10.6 Å². The summed E-state index contributed by atoms with van der Waals surface area (Å²) in [7, 11) is 0. The molecular formula is C15H18BrN3. The molecule has 1 saturated heterocycles. The Balaban J connectivity index is 1.75. The molecule has 3 rings (SSSR count). The predicted molar refractivity (Wildman–Crippen MR) is 80.1 cm³/mol. The van der Waals surface area contributed by atoms with E-state index in [1.807, 2.05) is 18.2 Å². The molecule has 1 aliphatic heterocycles. The van der Waals surface area contributed by atoms with E-state index in [1.54, 1.807) is 0 Å². The Morgan fingerprint density at radius 1 is 1.42 bits per heavy atom. The lowest BCUT2D eigenvalue weighted by Crippen LogP contribution is -2.58. The molecular weight excluding hydrogens is 302 g/mol. The summed E-state index contributed by atoms with van der Waals surface area (Å²) in [4.78, 5) is 0. The van der Waals surface area contributed by atoms with Crippen molar-refractivity contribution in [3.8, 4) is 6.07 Å². The second kappa shape index (κ2) is 5.15. The Morgan fingerprint density at radius 2 is 2.26 bits per heavy atom. The van der Waals surface area contributed by atoms with Gasteiger partial charge in [0.25, 0.3) is 0 Å². The van der Waals surface area contributed by atoms with Crippen LogP contribution in [-0.4, -0.2) is 18.1 Å². The van der Waals surface area contributed by atoms with E-state index in [9.17, 15) is 5.26 Å². The molecule has 1 aliphatic carbocycles. The second-order valence-electron chi connectivity index (χ2n) is 5.67. The molecule has 0 aromatic heterocycles. The third-order valence-electron chi connectivity index (χ3n) is 4.43. The van der Waals surface area contributed by atoms with Gasteiger partial charge in [0.15, 0.2) is 0 Å². The van der Waals surface area contributed by atoms with Crippen molar-refractivity contribution in [3.63, 3.8) is 0 Å². The van der Waals surface area contributed by atoms with Crippen molar-refractivity contribution in [3.05, 3.63) is 28.2 Å². The molecule has 0 bridgehead atoms. The minimum Gasteiger partial charge on any atom is -0.381 e. The minimum atomic E-state index is 0.384. The van der Waals surface area contributed by atoms with Crippen molar-refractivity contribution in [1.29, 1.82) is 5.26 Å². The van der Waals surface area contributed by atoms with Crippen LogP contribution in [0.2, 0.25) is 0 Å². The SMILES string of the molecule is N#Cc1c(Br)cccc1NC1CCNC2(CCC2)C1. The van der Waals surface area contributed by atoms with E-state index >= 15 is 0 Å². The summed E-state index contributed by atoms with van der Waals surface area (Å²) in [5.74, 6) is 0. The van der Waals surface area contributed by atoms with Crippen LogP contribution < -0.4 is 10.6 Å². The van der Waals surface area contributed by atoms with E-state index in [0.29, 0.717) is 17.1 Å². The summed E-state index contributed by atoms with van der Waals surface area (Å²) >= 11 is 3.44. The normalized spacial score (nSPS) is 24.5. The number of anilines is 1. The molecule has 1 spiro atoms. The first-order valence-corrected chi connectivity index (χ1v) is 7.72. The maximum absolute atomic E-state index is 9.26. The first-order valence-electron chi connectivity index (χ1n) is 6.93. The Hall–Kier alpha value is -1.05. The van der Waals surface area contributed by atoms with Crippen LogP contribution >= 0.6 is 15.9 Å². The zero-order valence-corrected chi connectivity index (χ0v) is 12.5. The monoisotopic (exact) mass is 319 g/mol. The summed E-state index contributed by atoms with van der Waals surface area (Å²) in [5.41, 5.74) is 2.05. The Morgan fingerprint density at radius 3 is 2.95 bits per heavy atom. The van der Waals surface area contributed by atoms with Gasteiger partial charge >= 0.3 is 0 Å². The van der Waals surface area contributed by atoms with Crippen molar-refractivity contribution in [2.45, 2.75) is 43.7 Å². The van der Waals surface area contributed by atoms with Crippen molar-refractivity contribution in [2.24, 2.45) is 0 Å². The first kappa shape index (κ1) is 13.0. The molecule has 2 fully saturated rings. The van der Waals surface area contributed by atoms with Gasteiger partial charge in [-0.05, 0) is 66.7 Å². The van der Waals surface area contributed by atoms with Gasteiger partial charge in [0.05, 0.1) is 11.3 Å². The van der Waals surface area contributed by atoms with Gasteiger partial charge in [0, 0.05) is 16.1 Å². The molecule has 3 nitrogen and oxygen atoms in total. The van der Waals surface area contributed by atoms with Crippen molar-refractivity contribution >= 4 is 21.6 Å². The van der Waals surface area contributed by atoms with Gasteiger partial charge in [-0.15, -0.1) is 0 Å². The van der Waals surface area contributed by atoms with E-state index < -0.39 is 0 Å². The van der Waals surface area contributed by atoms with Gasteiger partial charge in [-0.1, -0.05) is 6.07 Å². The minimum absolute atomic E-state index is 0.384. The highest BCUT2D eigenvalue weighted by atomic mass is 79.9. The maximum Gasteiger partial charge on any atom is 0.103 e. The van der Waals surface area contributed by atoms with Gasteiger partial charge in [0.1, 0.15) is 6.07 Å². The molecule has 19 heavy (non-hydrogen) atoms. The Kier molecular flexibility index (Phi) is 3.51. The highest BCUT2D eigenvalue weighted by Gasteiger charge is 2.40. The topological polar surface area (TPSA) is 47.9 Å². The lowest BCUT2D eigenvalue weighted by Gasteiger charge is -2.48. The fraction of sp³-hybridized carbons (Fsp3) is 0.533. The Labute approximate surface area is 122 Å². The highest BCUT2D eigenvalue weighted by Crippen LogP contribution is 2.39. The summed E-state index contributed by atoms with van der Waals surface area (Å²) in [6.45, 7) is 1.08. The Bertz CT molecular complexity index is 517. The van der Waals surface area contributed by atoms with Crippen LogP contribution in [0.5, 0.6) is 0 Å². The number of rotatable bonds is 2. The van der Waals surface area contributed by atoms with Gasteiger partial charge in [-0.2, -0.15) is 5.26 Å². The molecule has 0 radical (unpaired) electrons. The van der Waals surface area contributed by atoms with Crippen LogP contribution in [0, 0.1) is 11.3 Å². The molecule has 1 saturated carbocycles. The number of nitriles is 1. The van der Waals surface area contributed by atoms with Crippen LogP contribution in [0.3, 0.4) is 0 Å². The van der Waals surface area contributed by atoms with E-state index in [-0.39, 0.29) is 0 Å². The largest absolute Gasteiger partial charge is 0.381 e. The van der Waals surface area contributed by atoms with E-state index in [2.05, 4.69) is 32.6 Å². The van der Waals surface area contributed by atoms with Gasteiger partial charge in [-0.25, -0.2) is 0 Å². The third kappa shape index (κ3) is 2.50. The zero-order chi connectivity index (χ0) is 13.3. The summed E-state index contributed by atoms with van der Waals surface area (Å²) in [5, 5.41) is 16.5. The molecule has 100 valence electrons. The van der Waals surface area contributed by atoms with Gasteiger partial charge in [0.2, 0.25) is 0 Å². The molecule has 0 amide bonds. The standard InChI is InChI=1S/C15H18BrN3/c16-13-3-1-4-14(12(13)10-17)19-11-5-8-18-15(9-11)6-2-7-15/h1,3-4,11,18-19H,2,5-9H2. The molecule has 1 aromatic carbocycles. The quantitative estimate of drug-likeness (QED) is 0.878. The van der Waals surface area contributed by atoms with Crippen molar-refractivity contribution in [2.75, 3.05) is 11.9 Å². The third-order valence-corrected chi connectivity index (χ3v) is 5.09. The van der Waals surface area contributed by atoms with Gasteiger partial charge in [-0.3, -0.25) is 0 Å². The van der Waals surface area contributed by atoms with Crippen LogP contribution in [-0.2, 0) is 0 Å². The zero-order valence-electron chi connectivity index (χ0n) is 10.9. The number of nitrogens with zero attached hydrogens (tertiary/aromatic N) is 1. The fourth-order valence-electron chi connectivity index (χ4n) is 3.24. The van der Waals surface area contributed by atoms with Crippen molar-refractivity contribution < 1.29 is 0 Å². The van der Waals surface area contributed by atoms with E-state index in [1.165, 1.54) is 25.7 Å². The number of nitrogens with one attached hydrogen (secondary N) is 2.